The quantitative estimate of drug-likeness (QED) is 0.282. The molecule has 0 aromatic heterocycles. The third kappa shape index (κ3) is 12.2. The summed E-state index contributed by atoms with van der Waals surface area (Å²) in [7, 11) is 0. The van der Waals surface area contributed by atoms with Gasteiger partial charge in [0, 0.05) is 5.97 Å². The third-order valence-electron chi connectivity index (χ3n) is 2.42. The number of carboxylic acids is 1. The Kier molecular flexibility index (Phi) is 14.1. The van der Waals surface area contributed by atoms with E-state index < -0.39 is 11.9 Å². The SMILES string of the molecule is CCCCCC(CC)OC(=O)CCC(=O)[O-].[Na+]. The average Bonchev–Trinajstić information content (AvgIpc) is 2.25. The number of ether oxygens (including phenoxy) is 1. The molecular formula is C12H21NaO4. The molecule has 0 saturated heterocycles. The molecule has 0 radical (unpaired) electrons. The third-order valence-corrected chi connectivity index (χ3v) is 2.42. The van der Waals surface area contributed by atoms with Crippen LogP contribution in [0, 0.1) is 0 Å². The molecule has 4 nitrogen and oxygen atoms in total. The van der Waals surface area contributed by atoms with E-state index in [1.165, 1.54) is 0 Å². The second kappa shape index (κ2) is 12.4. The standard InChI is InChI=1S/C12H22O4.Na/c1-3-5-6-7-10(4-2)16-12(15)9-8-11(13)14;/h10H,3-9H2,1-2H3,(H,13,14);/q;+1/p-1. The molecule has 0 N–H and O–H groups in total. The van der Waals surface area contributed by atoms with E-state index in [2.05, 4.69) is 6.92 Å². The molecule has 5 heteroatoms. The Hall–Kier alpha value is -0.0600. The Morgan fingerprint density at radius 1 is 1.18 bits per heavy atom. The number of carbonyl (C=O) groups excluding carboxylic acids is 2. The molecule has 0 aliphatic carbocycles. The summed E-state index contributed by atoms with van der Waals surface area (Å²) >= 11 is 0. The van der Waals surface area contributed by atoms with Crippen molar-refractivity contribution in [2.24, 2.45) is 0 Å². The van der Waals surface area contributed by atoms with Gasteiger partial charge in [-0.25, -0.2) is 0 Å². The summed E-state index contributed by atoms with van der Waals surface area (Å²) < 4.78 is 5.17. The topological polar surface area (TPSA) is 66.4 Å². The Morgan fingerprint density at radius 2 is 1.82 bits per heavy atom. The van der Waals surface area contributed by atoms with E-state index in [4.69, 9.17) is 4.74 Å². The molecule has 0 saturated carbocycles. The van der Waals surface area contributed by atoms with Gasteiger partial charge in [0.1, 0.15) is 6.10 Å². The number of hydrogen-bond donors (Lipinski definition) is 0. The minimum Gasteiger partial charge on any atom is -0.550 e. The number of hydrogen-bond acceptors (Lipinski definition) is 4. The molecule has 0 bridgehead atoms. The van der Waals surface area contributed by atoms with Crippen LogP contribution in [0.4, 0.5) is 0 Å². The molecule has 0 aliphatic rings. The normalized spacial score (nSPS) is 11.4. The van der Waals surface area contributed by atoms with Gasteiger partial charge < -0.3 is 14.6 Å². The van der Waals surface area contributed by atoms with Gasteiger partial charge in [-0.2, -0.15) is 0 Å². The van der Waals surface area contributed by atoms with Gasteiger partial charge in [-0.3, -0.25) is 4.79 Å². The van der Waals surface area contributed by atoms with E-state index in [9.17, 15) is 14.7 Å². The van der Waals surface area contributed by atoms with Crippen LogP contribution in [0.3, 0.4) is 0 Å². The summed E-state index contributed by atoms with van der Waals surface area (Å²) in [4.78, 5) is 21.4. The molecule has 0 spiro atoms. The van der Waals surface area contributed by atoms with Crippen molar-refractivity contribution in [1.82, 2.24) is 0 Å². The monoisotopic (exact) mass is 252 g/mol. The fraction of sp³-hybridized carbons (Fsp3) is 0.833. The Labute approximate surface area is 125 Å². The molecule has 0 aromatic carbocycles. The van der Waals surface area contributed by atoms with Crippen molar-refractivity contribution in [2.45, 2.75) is 64.9 Å². The van der Waals surface area contributed by atoms with E-state index in [0.29, 0.717) is 0 Å². The Balaban J connectivity index is 0. The molecular weight excluding hydrogens is 231 g/mol. The van der Waals surface area contributed by atoms with Crippen molar-refractivity contribution >= 4 is 11.9 Å². The van der Waals surface area contributed by atoms with Crippen molar-refractivity contribution in [3.63, 3.8) is 0 Å². The van der Waals surface area contributed by atoms with Crippen molar-refractivity contribution in [2.75, 3.05) is 0 Å². The summed E-state index contributed by atoms with van der Waals surface area (Å²) in [6.07, 6.45) is 4.53. The van der Waals surface area contributed by atoms with E-state index in [0.717, 1.165) is 32.1 Å². The first kappa shape index (κ1) is 19.3. The van der Waals surface area contributed by atoms with Crippen LogP contribution in [0.15, 0.2) is 0 Å². The van der Waals surface area contributed by atoms with Crippen LogP contribution in [0.5, 0.6) is 0 Å². The molecule has 0 heterocycles. The number of carbonyl (C=O) groups is 2. The zero-order valence-corrected chi connectivity index (χ0v) is 13.2. The van der Waals surface area contributed by atoms with Gasteiger partial charge in [-0.05, 0) is 25.7 Å². The number of carboxylic acid groups (broad SMARTS) is 1. The maximum atomic E-state index is 11.2. The molecule has 0 rings (SSSR count). The first-order chi connectivity index (χ1) is 7.60. The van der Waals surface area contributed by atoms with Crippen molar-refractivity contribution in [1.29, 1.82) is 0 Å². The van der Waals surface area contributed by atoms with Gasteiger partial charge in [0.2, 0.25) is 0 Å². The summed E-state index contributed by atoms with van der Waals surface area (Å²) in [6, 6.07) is 0. The van der Waals surface area contributed by atoms with Crippen LogP contribution in [-0.4, -0.2) is 18.0 Å². The van der Waals surface area contributed by atoms with Crippen LogP contribution >= 0.6 is 0 Å². The number of esters is 1. The van der Waals surface area contributed by atoms with Gasteiger partial charge >= 0.3 is 35.5 Å². The van der Waals surface area contributed by atoms with Crippen LogP contribution < -0.4 is 34.7 Å². The van der Waals surface area contributed by atoms with Crippen LogP contribution in [0.25, 0.3) is 0 Å². The van der Waals surface area contributed by atoms with E-state index in [-0.39, 0.29) is 48.5 Å². The molecule has 1 atom stereocenters. The Bertz CT molecular complexity index is 219. The molecule has 0 amide bonds. The summed E-state index contributed by atoms with van der Waals surface area (Å²) in [5.41, 5.74) is 0. The fourth-order valence-electron chi connectivity index (χ4n) is 1.42. The van der Waals surface area contributed by atoms with Gasteiger partial charge in [0.25, 0.3) is 0 Å². The zero-order valence-electron chi connectivity index (χ0n) is 11.2. The molecule has 17 heavy (non-hydrogen) atoms. The summed E-state index contributed by atoms with van der Waals surface area (Å²) in [5.74, 6) is -1.65. The summed E-state index contributed by atoms with van der Waals surface area (Å²) in [6.45, 7) is 4.08. The summed E-state index contributed by atoms with van der Waals surface area (Å²) in [5, 5.41) is 10.2. The van der Waals surface area contributed by atoms with Crippen molar-refractivity contribution in [3.8, 4) is 0 Å². The number of aliphatic carboxylic acids is 1. The first-order valence-electron chi connectivity index (χ1n) is 5.99. The zero-order chi connectivity index (χ0) is 12.4. The second-order valence-electron chi connectivity index (χ2n) is 3.89. The molecule has 0 aliphatic heterocycles. The fourth-order valence-corrected chi connectivity index (χ4v) is 1.42. The van der Waals surface area contributed by atoms with E-state index in [1.54, 1.807) is 0 Å². The number of rotatable bonds is 9. The molecule has 94 valence electrons. The van der Waals surface area contributed by atoms with Gasteiger partial charge in [-0.15, -0.1) is 0 Å². The van der Waals surface area contributed by atoms with Crippen molar-refractivity contribution < 1.29 is 49.0 Å². The number of unbranched alkanes of at least 4 members (excludes halogenated alkanes) is 2. The van der Waals surface area contributed by atoms with Gasteiger partial charge in [0.05, 0.1) is 6.42 Å². The van der Waals surface area contributed by atoms with Crippen molar-refractivity contribution in [3.05, 3.63) is 0 Å². The van der Waals surface area contributed by atoms with E-state index >= 15 is 0 Å². The molecule has 0 fully saturated rings. The van der Waals surface area contributed by atoms with Gasteiger partial charge in [0.15, 0.2) is 0 Å². The van der Waals surface area contributed by atoms with Crippen LogP contribution in [0.2, 0.25) is 0 Å². The van der Waals surface area contributed by atoms with E-state index in [1.807, 2.05) is 6.92 Å². The maximum Gasteiger partial charge on any atom is 1.00 e. The first-order valence-corrected chi connectivity index (χ1v) is 5.99. The van der Waals surface area contributed by atoms with Crippen LogP contribution in [0.1, 0.15) is 58.8 Å². The minimum absolute atomic E-state index is 0. The predicted molar refractivity (Wildman–Crippen MR) is 58.6 cm³/mol. The second-order valence-corrected chi connectivity index (χ2v) is 3.89. The van der Waals surface area contributed by atoms with Gasteiger partial charge in [-0.1, -0.05) is 26.7 Å². The average molecular weight is 252 g/mol. The minimum atomic E-state index is -1.21. The molecule has 1 unspecified atom stereocenters. The largest absolute Gasteiger partial charge is 1.00 e. The Morgan fingerprint density at radius 3 is 2.29 bits per heavy atom. The molecule has 0 aromatic rings. The smallest absolute Gasteiger partial charge is 0.550 e. The maximum absolute atomic E-state index is 11.2. The van der Waals surface area contributed by atoms with Crippen LogP contribution in [-0.2, 0) is 14.3 Å². The predicted octanol–water partition coefficient (Wildman–Crippen LogP) is -1.58.